The number of benzene rings is 2. The van der Waals surface area contributed by atoms with E-state index in [1.165, 1.54) is 11.1 Å². The molecule has 3 aromatic heterocycles. The zero-order valence-electron chi connectivity index (χ0n) is 17.7. The Balaban J connectivity index is 1.39. The molecule has 0 saturated heterocycles. The predicted molar refractivity (Wildman–Crippen MR) is 124 cm³/mol. The van der Waals surface area contributed by atoms with Crippen molar-refractivity contribution in [3.05, 3.63) is 90.6 Å². The van der Waals surface area contributed by atoms with Gasteiger partial charge in [-0.25, -0.2) is 9.97 Å². The number of nitrogens with one attached hydrogen (secondary N) is 1. The van der Waals surface area contributed by atoms with E-state index in [4.69, 9.17) is 0 Å². The summed E-state index contributed by atoms with van der Waals surface area (Å²) in [6, 6.07) is 18.9. The summed E-state index contributed by atoms with van der Waals surface area (Å²) in [5.41, 5.74) is 7.77. The second kappa shape index (κ2) is 8.07. The molecule has 154 valence electrons. The van der Waals surface area contributed by atoms with Crippen LogP contribution in [-0.2, 0) is 20.0 Å². The highest BCUT2D eigenvalue weighted by Gasteiger charge is 2.09. The third-order valence-electron chi connectivity index (χ3n) is 5.51. The van der Waals surface area contributed by atoms with Crippen molar-refractivity contribution in [2.75, 3.05) is 5.32 Å². The fraction of sp³-hybridized carbons (Fsp3) is 0.160. The monoisotopic (exact) mass is 408 g/mol. The van der Waals surface area contributed by atoms with Crippen molar-refractivity contribution in [1.82, 2.24) is 24.3 Å². The zero-order chi connectivity index (χ0) is 21.2. The van der Waals surface area contributed by atoms with E-state index < -0.39 is 0 Å². The molecule has 0 bridgehead atoms. The summed E-state index contributed by atoms with van der Waals surface area (Å²) in [5, 5.41) is 8.02. The van der Waals surface area contributed by atoms with Crippen molar-refractivity contribution in [1.29, 1.82) is 0 Å². The molecule has 2 aromatic carbocycles. The minimum Gasteiger partial charge on any atom is -0.340 e. The Labute approximate surface area is 181 Å². The lowest BCUT2D eigenvalue weighted by Crippen LogP contribution is -1.99. The van der Waals surface area contributed by atoms with Crippen molar-refractivity contribution in [3.8, 4) is 11.1 Å². The van der Waals surface area contributed by atoms with Crippen LogP contribution in [0.25, 0.3) is 22.2 Å². The summed E-state index contributed by atoms with van der Waals surface area (Å²) in [5.74, 6) is 0.814. The second-order valence-corrected chi connectivity index (χ2v) is 7.68. The molecule has 6 heteroatoms. The number of rotatable bonds is 6. The molecule has 0 aliphatic rings. The molecule has 0 spiro atoms. The van der Waals surface area contributed by atoms with E-state index in [0.717, 1.165) is 46.6 Å². The van der Waals surface area contributed by atoms with Gasteiger partial charge in [-0.3, -0.25) is 4.68 Å². The summed E-state index contributed by atoms with van der Waals surface area (Å²) in [7, 11) is 1.99. The summed E-state index contributed by atoms with van der Waals surface area (Å²) >= 11 is 0. The van der Waals surface area contributed by atoms with Gasteiger partial charge in [0, 0.05) is 30.6 Å². The maximum atomic E-state index is 4.55. The second-order valence-electron chi connectivity index (χ2n) is 7.68. The SMILES string of the molecule is CCc1cc(-c2cnn(Cc3ccccc3)c2)ccc1Nc1cc2c(cn1)ncn2C. The number of aryl methyl sites for hydroxylation is 2. The molecule has 1 N–H and O–H groups in total. The minimum atomic E-state index is 0.767. The smallest absolute Gasteiger partial charge is 0.132 e. The number of anilines is 2. The van der Waals surface area contributed by atoms with Crippen LogP contribution in [0.15, 0.2) is 79.5 Å². The Kier molecular flexibility index (Phi) is 4.96. The lowest BCUT2D eigenvalue weighted by atomic mass is 10.0. The molecular weight excluding hydrogens is 384 g/mol. The highest BCUT2D eigenvalue weighted by molar-refractivity contribution is 5.79. The Morgan fingerprint density at radius 2 is 1.81 bits per heavy atom. The molecule has 0 aliphatic heterocycles. The fourth-order valence-corrected chi connectivity index (χ4v) is 3.79. The molecule has 0 radical (unpaired) electrons. The highest BCUT2D eigenvalue weighted by Crippen LogP contribution is 2.28. The third kappa shape index (κ3) is 3.92. The molecule has 5 aromatic rings. The molecule has 0 unspecified atom stereocenters. The number of hydrogen-bond acceptors (Lipinski definition) is 4. The number of nitrogens with zero attached hydrogens (tertiary/aromatic N) is 5. The van der Waals surface area contributed by atoms with Crippen LogP contribution in [0.4, 0.5) is 11.5 Å². The first-order valence-electron chi connectivity index (χ1n) is 10.4. The number of hydrogen-bond donors (Lipinski definition) is 1. The number of aromatic nitrogens is 5. The number of pyridine rings is 1. The normalized spacial score (nSPS) is 11.2. The molecule has 0 fully saturated rings. The van der Waals surface area contributed by atoms with E-state index in [1.807, 2.05) is 34.6 Å². The molecule has 6 nitrogen and oxygen atoms in total. The van der Waals surface area contributed by atoms with Crippen molar-refractivity contribution < 1.29 is 0 Å². The summed E-state index contributed by atoms with van der Waals surface area (Å²) in [6.07, 6.45) is 8.57. The average Bonchev–Trinajstić information content (AvgIpc) is 3.41. The number of fused-ring (bicyclic) bond motifs is 1. The molecule has 3 heterocycles. The highest BCUT2D eigenvalue weighted by atomic mass is 15.3. The zero-order valence-corrected chi connectivity index (χ0v) is 17.7. The fourth-order valence-electron chi connectivity index (χ4n) is 3.79. The van der Waals surface area contributed by atoms with E-state index in [1.54, 1.807) is 12.5 Å². The topological polar surface area (TPSA) is 60.6 Å². The van der Waals surface area contributed by atoms with E-state index in [0.29, 0.717) is 0 Å². The Bertz CT molecular complexity index is 1330. The standard InChI is InChI=1S/C25H24N6/c1-3-19-11-20(21-13-28-31(16-21)15-18-7-5-4-6-8-18)9-10-22(19)29-25-12-24-23(14-26-25)27-17-30(24)2/h4-14,16-17H,3,15H2,1-2H3,(H,26,29). The van der Waals surface area contributed by atoms with Gasteiger partial charge in [0.1, 0.15) is 11.3 Å². The van der Waals surface area contributed by atoms with Gasteiger partial charge in [0.15, 0.2) is 0 Å². The summed E-state index contributed by atoms with van der Waals surface area (Å²) in [6.45, 7) is 2.93. The van der Waals surface area contributed by atoms with Gasteiger partial charge < -0.3 is 9.88 Å². The maximum Gasteiger partial charge on any atom is 0.132 e. The third-order valence-corrected chi connectivity index (χ3v) is 5.51. The molecule has 0 aliphatic carbocycles. The predicted octanol–water partition coefficient (Wildman–Crippen LogP) is 5.19. The van der Waals surface area contributed by atoms with Crippen LogP contribution < -0.4 is 5.32 Å². The van der Waals surface area contributed by atoms with Gasteiger partial charge in [-0.1, -0.05) is 43.3 Å². The van der Waals surface area contributed by atoms with Crippen LogP contribution in [0.2, 0.25) is 0 Å². The molecular formula is C25H24N6. The van der Waals surface area contributed by atoms with Gasteiger partial charge in [0.2, 0.25) is 0 Å². The van der Waals surface area contributed by atoms with Crippen LogP contribution in [0, 0.1) is 0 Å². The maximum absolute atomic E-state index is 4.55. The summed E-state index contributed by atoms with van der Waals surface area (Å²) in [4.78, 5) is 8.85. The van der Waals surface area contributed by atoms with E-state index >= 15 is 0 Å². The molecule has 5 rings (SSSR count). The molecule has 0 atom stereocenters. The van der Waals surface area contributed by atoms with Crippen molar-refractivity contribution in [2.45, 2.75) is 19.9 Å². The van der Waals surface area contributed by atoms with Gasteiger partial charge in [-0.05, 0) is 35.2 Å². The van der Waals surface area contributed by atoms with Crippen molar-refractivity contribution in [2.24, 2.45) is 7.05 Å². The average molecular weight is 409 g/mol. The van der Waals surface area contributed by atoms with Gasteiger partial charge in [-0.15, -0.1) is 0 Å². The lowest BCUT2D eigenvalue weighted by molar-refractivity contribution is 0.687. The van der Waals surface area contributed by atoms with Crippen LogP contribution in [0.1, 0.15) is 18.1 Å². The summed E-state index contributed by atoms with van der Waals surface area (Å²) < 4.78 is 3.98. The molecule has 0 amide bonds. The first-order chi connectivity index (χ1) is 15.2. The van der Waals surface area contributed by atoms with E-state index in [9.17, 15) is 0 Å². The largest absolute Gasteiger partial charge is 0.340 e. The van der Waals surface area contributed by atoms with Crippen LogP contribution in [0.5, 0.6) is 0 Å². The minimum absolute atomic E-state index is 0.767. The van der Waals surface area contributed by atoms with Gasteiger partial charge >= 0.3 is 0 Å². The quantitative estimate of drug-likeness (QED) is 0.420. The van der Waals surface area contributed by atoms with Gasteiger partial charge in [0.05, 0.1) is 30.8 Å². The first kappa shape index (κ1) is 19.1. The van der Waals surface area contributed by atoms with E-state index in [-0.39, 0.29) is 0 Å². The van der Waals surface area contributed by atoms with Crippen molar-refractivity contribution >= 4 is 22.5 Å². The first-order valence-corrected chi connectivity index (χ1v) is 10.4. The molecule has 0 saturated carbocycles. The Hall–Kier alpha value is -3.93. The van der Waals surface area contributed by atoms with E-state index in [2.05, 4.69) is 76.0 Å². The van der Waals surface area contributed by atoms with Crippen LogP contribution >= 0.6 is 0 Å². The van der Waals surface area contributed by atoms with Gasteiger partial charge in [0.25, 0.3) is 0 Å². The van der Waals surface area contributed by atoms with Crippen molar-refractivity contribution in [3.63, 3.8) is 0 Å². The van der Waals surface area contributed by atoms with Gasteiger partial charge in [-0.2, -0.15) is 5.10 Å². The van der Waals surface area contributed by atoms with Crippen LogP contribution in [0.3, 0.4) is 0 Å². The Morgan fingerprint density at radius 3 is 2.65 bits per heavy atom. The van der Waals surface area contributed by atoms with Crippen LogP contribution in [-0.4, -0.2) is 24.3 Å². The lowest BCUT2D eigenvalue weighted by Gasteiger charge is -2.12. The Morgan fingerprint density at radius 1 is 0.935 bits per heavy atom. The number of imidazole rings is 1. The molecule has 31 heavy (non-hydrogen) atoms.